The summed E-state index contributed by atoms with van der Waals surface area (Å²) in [5, 5.41) is 5.29. The second-order valence-corrected chi connectivity index (χ2v) is 8.39. The van der Waals surface area contributed by atoms with Crippen LogP contribution in [0.4, 0.5) is 5.69 Å². The van der Waals surface area contributed by atoms with Crippen LogP contribution in [0.15, 0.2) is 36.5 Å². The van der Waals surface area contributed by atoms with Gasteiger partial charge in [0, 0.05) is 45.1 Å². The molecule has 3 aromatic rings. The third-order valence-electron chi connectivity index (χ3n) is 5.12. The number of amides is 1. The number of carbonyl (C=O) groups is 1. The maximum absolute atomic E-state index is 13.3. The number of nitrogens with zero attached hydrogens (tertiary/aromatic N) is 5. The Kier molecular flexibility index (Phi) is 5.91. The van der Waals surface area contributed by atoms with Crippen LogP contribution in [0, 0.1) is 0 Å². The quantitative estimate of drug-likeness (QED) is 0.620. The number of carbonyl (C=O) groups excluding carboxylic acids is 1. The van der Waals surface area contributed by atoms with E-state index in [9.17, 15) is 4.79 Å². The fraction of sp³-hybridized carbons (Fsp3) is 0.435. The van der Waals surface area contributed by atoms with Crippen molar-refractivity contribution in [1.29, 1.82) is 0 Å². The molecule has 29 heavy (non-hydrogen) atoms. The Morgan fingerprint density at radius 1 is 1.07 bits per heavy atom. The second-order valence-electron chi connectivity index (χ2n) is 8.39. The van der Waals surface area contributed by atoms with E-state index in [1.165, 1.54) is 0 Å². The molecule has 154 valence electrons. The molecule has 0 saturated heterocycles. The number of fused-ring (bicyclic) bond motifs is 1. The van der Waals surface area contributed by atoms with Crippen LogP contribution in [0.25, 0.3) is 11.0 Å². The van der Waals surface area contributed by atoms with Crippen molar-refractivity contribution in [3.63, 3.8) is 0 Å². The van der Waals surface area contributed by atoms with E-state index in [-0.39, 0.29) is 17.9 Å². The maximum atomic E-state index is 13.3. The van der Waals surface area contributed by atoms with E-state index in [1.54, 1.807) is 11.1 Å². The standard InChI is InChI=1S/C23H31N5O/c1-15(2)21-12-19(20-13-24-28(16(3)4)22(20)25-21)23(29)27(7)14-17-8-10-18(11-9-17)26(5)6/h8-13,15-16H,14H2,1-7H3. The molecule has 0 radical (unpaired) electrons. The summed E-state index contributed by atoms with van der Waals surface area (Å²) in [4.78, 5) is 22.0. The molecule has 0 N–H and O–H groups in total. The average molecular weight is 394 g/mol. The van der Waals surface area contributed by atoms with Crippen molar-refractivity contribution in [2.45, 2.75) is 46.2 Å². The molecule has 0 unspecified atom stereocenters. The molecule has 2 heterocycles. The summed E-state index contributed by atoms with van der Waals surface area (Å²) in [6, 6.07) is 10.4. The molecule has 0 aliphatic carbocycles. The van der Waals surface area contributed by atoms with Crippen molar-refractivity contribution in [1.82, 2.24) is 19.7 Å². The molecule has 0 aliphatic rings. The van der Waals surface area contributed by atoms with Crippen LogP contribution < -0.4 is 4.90 Å². The molecule has 0 fully saturated rings. The fourth-order valence-corrected chi connectivity index (χ4v) is 3.34. The summed E-state index contributed by atoms with van der Waals surface area (Å²) < 4.78 is 1.89. The Hall–Kier alpha value is -2.89. The van der Waals surface area contributed by atoms with Gasteiger partial charge in [-0.25, -0.2) is 9.67 Å². The van der Waals surface area contributed by atoms with E-state index in [1.807, 2.05) is 31.9 Å². The van der Waals surface area contributed by atoms with Crippen LogP contribution >= 0.6 is 0 Å². The number of pyridine rings is 1. The van der Waals surface area contributed by atoms with Gasteiger partial charge in [-0.1, -0.05) is 26.0 Å². The lowest BCUT2D eigenvalue weighted by Gasteiger charge is -2.20. The molecule has 0 aliphatic heterocycles. The molecule has 1 amide bonds. The van der Waals surface area contributed by atoms with Crippen molar-refractivity contribution >= 4 is 22.6 Å². The first-order chi connectivity index (χ1) is 13.7. The Morgan fingerprint density at radius 3 is 2.28 bits per heavy atom. The zero-order chi connectivity index (χ0) is 21.3. The Morgan fingerprint density at radius 2 is 1.72 bits per heavy atom. The van der Waals surface area contributed by atoms with Gasteiger partial charge in [0.25, 0.3) is 5.91 Å². The fourth-order valence-electron chi connectivity index (χ4n) is 3.34. The third kappa shape index (κ3) is 4.26. The van der Waals surface area contributed by atoms with E-state index in [0.717, 1.165) is 28.0 Å². The van der Waals surface area contributed by atoms with Gasteiger partial charge in [-0.15, -0.1) is 0 Å². The summed E-state index contributed by atoms with van der Waals surface area (Å²) in [6.07, 6.45) is 1.76. The summed E-state index contributed by atoms with van der Waals surface area (Å²) in [7, 11) is 5.88. The minimum atomic E-state index is -0.0145. The van der Waals surface area contributed by atoms with Crippen molar-refractivity contribution < 1.29 is 4.79 Å². The highest BCUT2D eigenvalue weighted by atomic mass is 16.2. The zero-order valence-corrected chi connectivity index (χ0v) is 18.5. The predicted molar refractivity (Wildman–Crippen MR) is 119 cm³/mol. The van der Waals surface area contributed by atoms with Gasteiger partial charge in [-0.3, -0.25) is 4.79 Å². The number of rotatable bonds is 6. The molecule has 3 rings (SSSR count). The normalized spacial score (nSPS) is 11.5. The summed E-state index contributed by atoms with van der Waals surface area (Å²) in [5.74, 6) is 0.213. The first-order valence-electron chi connectivity index (χ1n) is 10.1. The molecule has 0 bridgehead atoms. The monoisotopic (exact) mass is 393 g/mol. The highest BCUT2D eigenvalue weighted by Crippen LogP contribution is 2.25. The lowest BCUT2D eigenvalue weighted by molar-refractivity contribution is 0.0787. The zero-order valence-electron chi connectivity index (χ0n) is 18.5. The molecular weight excluding hydrogens is 362 g/mol. The topological polar surface area (TPSA) is 54.3 Å². The first-order valence-corrected chi connectivity index (χ1v) is 10.1. The lowest BCUT2D eigenvalue weighted by Crippen LogP contribution is -2.26. The average Bonchev–Trinajstić information content (AvgIpc) is 3.11. The number of hydrogen-bond donors (Lipinski definition) is 0. The van der Waals surface area contributed by atoms with E-state index in [4.69, 9.17) is 4.98 Å². The van der Waals surface area contributed by atoms with Gasteiger partial charge in [0.15, 0.2) is 5.65 Å². The third-order valence-corrected chi connectivity index (χ3v) is 5.12. The molecule has 6 heteroatoms. The maximum Gasteiger partial charge on any atom is 0.254 e. The Labute approximate surface area is 173 Å². The number of anilines is 1. The van der Waals surface area contributed by atoms with Crippen molar-refractivity contribution in [2.24, 2.45) is 0 Å². The smallest absolute Gasteiger partial charge is 0.254 e. The van der Waals surface area contributed by atoms with Gasteiger partial charge in [0.1, 0.15) is 0 Å². The largest absolute Gasteiger partial charge is 0.378 e. The van der Waals surface area contributed by atoms with Gasteiger partial charge in [-0.05, 0) is 43.5 Å². The molecule has 0 spiro atoms. The van der Waals surface area contributed by atoms with Crippen molar-refractivity contribution in [3.05, 3.63) is 53.3 Å². The van der Waals surface area contributed by atoms with E-state index in [0.29, 0.717) is 12.1 Å². The van der Waals surface area contributed by atoms with E-state index < -0.39 is 0 Å². The van der Waals surface area contributed by atoms with E-state index >= 15 is 0 Å². The Balaban J connectivity index is 1.94. The van der Waals surface area contributed by atoms with Crippen LogP contribution in [-0.4, -0.2) is 46.7 Å². The van der Waals surface area contributed by atoms with Crippen molar-refractivity contribution in [3.8, 4) is 0 Å². The van der Waals surface area contributed by atoms with Crippen LogP contribution in [0.1, 0.15) is 61.3 Å². The van der Waals surface area contributed by atoms with Gasteiger partial charge in [0.2, 0.25) is 0 Å². The summed E-state index contributed by atoms with van der Waals surface area (Å²) in [5.41, 5.74) is 4.59. The van der Waals surface area contributed by atoms with Gasteiger partial charge >= 0.3 is 0 Å². The van der Waals surface area contributed by atoms with Crippen LogP contribution in [-0.2, 0) is 6.54 Å². The number of hydrogen-bond acceptors (Lipinski definition) is 4. The molecule has 0 atom stereocenters. The van der Waals surface area contributed by atoms with Crippen LogP contribution in [0.3, 0.4) is 0 Å². The second kappa shape index (κ2) is 8.23. The summed E-state index contributed by atoms with van der Waals surface area (Å²) in [6.45, 7) is 8.87. The number of benzene rings is 1. The molecule has 6 nitrogen and oxygen atoms in total. The molecule has 1 aromatic carbocycles. The van der Waals surface area contributed by atoms with Gasteiger partial charge in [0.05, 0.1) is 17.1 Å². The summed E-state index contributed by atoms with van der Waals surface area (Å²) >= 11 is 0. The van der Waals surface area contributed by atoms with Gasteiger partial charge in [-0.2, -0.15) is 5.10 Å². The highest BCUT2D eigenvalue weighted by Gasteiger charge is 2.21. The number of aromatic nitrogens is 3. The highest BCUT2D eigenvalue weighted by molar-refractivity contribution is 6.05. The van der Waals surface area contributed by atoms with E-state index in [2.05, 4.69) is 62.0 Å². The molecule has 0 saturated carbocycles. The van der Waals surface area contributed by atoms with Gasteiger partial charge < -0.3 is 9.80 Å². The minimum absolute atomic E-state index is 0.0145. The van der Waals surface area contributed by atoms with Crippen molar-refractivity contribution in [2.75, 3.05) is 26.0 Å². The SMILES string of the molecule is CC(C)c1cc(C(=O)N(C)Cc2ccc(N(C)C)cc2)c2cnn(C(C)C)c2n1. The van der Waals surface area contributed by atoms with Crippen LogP contribution in [0.2, 0.25) is 0 Å². The molecular formula is C23H31N5O. The van der Waals surface area contributed by atoms with Crippen LogP contribution in [0.5, 0.6) is 0 Å². The lowest BCUT2D eigenvalue weighted by atomic mass is 10.0. The minimum Gasteiger partial charge on any atom is -0.378 e. The predicted octanol–water partition coefficient (Wildman–Crippen LogP) is 4.47. The molecule has 2 aromatic heterocycles. The first kappa shape index (κ1) is 20.8. The Bertz CT molecular complexity index is 1000.